The van der Waals surface area contributed by atoms with Crippen molar-refractivity contribution in [3.05, 3.63) is 72.9 Å². The number of carbonyl (C=O) groups excluding carboxylic acids is 3. The molecule has 0 aromatic rings. The molecule has 0 atom stereocenters. The number of carboxylic acid groups (broad SMARTS) is 3. The summed E-state index contributed by atoms with van der Waals surface area (Å²) in [6, 6.07) is 0. The first-order valence-corrected chi connectivity index (χ1v) is 6.82. The summed E-state index contributed by atoms with van der Waals surface area (Å²) in [6.45, 7) is 5.42. The molecule has 0 bridgehead atoms. The zero-order valence-corrected chi connectivity index (χ0v) is 24.0. The molecule has 27 heavy (non-hydrogen) atoms. The maximum absolute atomic E-state index is 9.64. The number of aliphatic carboxylic acids is 3. The molecule has 0 saturated carbocycles. The van der Waals surface area contributed by atoms with Crippen molar-refractivity contribution in [1.82, 2.24) is 0 Å². The Kier molecular flexibility index (Phi) is 57.6. The third-order valence-electron chi connectivity index (χ3n) is 1.61. The first kappa shape index (κ1) is 41.8. The fourth-order valence-corrected chi connectivity index (χ4v) is 0.736. The number of carboxylic acids is 3. The van der Waals surface area contributed by atoms with E-state index in [1.54, 1.807) is 57.2 Å². The molecule has 0 rings (SSSR count). The van der Waals surface area contributed by atoms with Crippen molar-refractivity contribution in [3.8, 4) is 0 Å². The van der Waals surface area contributed by atoms with E-state index in [-0.39, 0.29) is 110 Å². The van der Waals surface area contributed by atoms with Crippen molar-refractivity contribution in [2.75, 3.05) is 0 Å². The summed E-state index contributed by atoms with van der Waals surface area (Å²) in [5.41, 5.74) is 0. The van der Waals surface area contributed by atoms with Crippen LogP contribution in [0.3, 0.4) is 0 Å². The summed E-state index contributed by atoms with van der Waals surface area (Å²) in [5.74, 6) is -3.49. The average Bonchev–Trinajstić information content (AvgIpc) is 2.48. The Morgan fingerprint density at radius 2 is 0.704 bits per heavy atom. The predicted molar refractivity (Wildman–Crippen MR) is 86.9 cm³/mol. The molecule has 0 spiro atoms. The smallest absolute Gasteiger partial charge is 0.545 e. The van der Waals surface area contributed by atoms with E-state index in [1.807, 2.05) is 0 Å². The summed E-state index contributed by atoms with van der Waals surface area (Å²) < 4.78 is 0. The Morgan fingerprint density at radius 3 is 0.815 bits per heavy atom. The van der Waals surface area contributed by atoms with Crippen LogP contribution in [0.15, 0.2) is 72.9 Å². The second-order valence-electron chi connectivity index (χ2n) is 3.61. The summed E-state index contributed by atoms with van der Waals surface area (Å²) in [5, 5.41) is 28.9. The van der Waals surface area contributed by atoms with Gasteiger partial charge in [0.05, 0.1) is 17.9 Å². The minimum atomic E-state index is -1.16. The van der Waals surface area contributed by atoms with E-state index in [0.29, 0.717) is 0 Å². The van der Waals surface area contributed by atoms with Gasteiger partial charge in [0, 0.05) is 0 Å². The molecule has 0 saturated heterocycles. The van der Waals surface area contributed by atoms with Crippen LogP contribution in [0.2, 0.25) is 0 Å². The summed E-state index contributed by atoms with van der Waals surface area (Å²) in [7, 11) is 0. The molecule has 9 heteroatoms. The Morgan fingerprint density at radius 1 is 0.519 bits per heavy atom. The first-order valence-electron chi connectivity index (χ1n) is 6.82. The molecular weight excluding hydrogens is 397 g/mol. The molecule has 0 radical (unpaired) electrons. The van der Waals surface area contributed by atoms with Gasteiger partial charge < -0.3 is 29.7 Å². The number of rotatable bonds is 6. The normalized spacial score (nSPS) is 9.89. The van der Waals surface area contributed by atoms with Crippen LogP contribution >= 0.6 is 0 Å². The summed E-state index contributed by atoms with van der Waals surface area (Å²) in [4.78, 5) is 28.9. The van der Waals surface area contributed by atoms with Crippen LogP contribution in [0.1, 0.15) is 20.8 Å². The topological polar surface area (TPSA) is 120 Å². The molecule has 0 fully saturated rings. The number of hydrogen-bond donors (Lipinski definition) is 0. The van der Waals surface area contributed by atoms with Crippen LogP contribution in [0.25, 0.3) is 0 Å². The van der Waals surface area contributed by atoms with Gasteiger partial charge in [0.15, 0.2) is 0 Å². The van der Waals surface area contributed by atoms with Gasteiger partial charge in [-0.25, -0.2) is 0 Å². The number of allylic oxidation sites excluding steroid dienone is 9. The van der Waals surface area contributed by atoms with E-state index in [0.717, 1.165) is 18.2 Å². The standard InChI is InChI=1S/3C6H8O2.K.2Na/c3*1-2-3-4-5-6(7)8;;;/h3*2-5H,1H3,(H,7,8);;;/q;;;3*+1/p-3/b3*3-2+,5-4+;;;. The molecule has 0 aromatic heterocycles. The number of hydrogen-bond acceptors (Lipinski definition) is 6. The second kappa shape index (κ2) is 37.3. The van der Waals surface area contributed by atoms with Crippen LogP contribution in [0.5, 0.6) is 0 Å². The van der Waals surface area contributed by atoms with E-state index in [1.165, 1.54) is 18.2 Å². The van der Waals surface area contributed by atoms with Gasteiger partial charge in [-0.2, -0.15) is 0 Å². The second-order valence-corrected chi connectivity index (χ2v) is 3.61. The Balaban J connectivity index is -0.0000000580. The fraction of sp³-hybridized carbons (Fsp3) is 0.167. The van der Waals surface area contributed by atoms with E-state index >= 15 is 0 Å². The van der Waals surface area contributed by atoms with Crippen molar-refractivity contribution in [2.45, 2.75) is 20.8 Å². The van der Waals surface area contributed by atoms with Crippen molar-refractivity contribution in [2.24, 2.45) is 0 Å². The van der Waals surface area contributed by atoms with E-state index < -0.39 is 17.9 Å². The van der Waals surface area contributed by atoms with Gasteiger partial charge in [0.2, 0.25) is 0 Å². The molecule has 6 nitrogen and oxygen atoms in total. The first-order chi connectivity index (χ1) is 11.3. The molecule has 0 N–H and O–H groups in total. The van der Waals surface area contributed by atoms with Gasteiger partial charge in [0.1, 0.15) is 0 Å². The van der Waals surface area contributed by atoms with Crippen LogP contribution < -0.4 is 126 Å². The molecular formula is C18H21KNa2O6. The van der Waals surface area contributed by atoms with Gasteiger partial charge in [-0.05, 0) is 39.0 Å². The van der Waals surface area contributed by atoms with Crippen molar-refractivity contribution in [3.63, 3.8) is 0 Å². The molecule has 0 aliphatic heterocycles. The largest absolute Gasteiger partial charge is 1.00 e. The van der Waals surface area contributed by atoms with Crippen molar-refractivity contribution < 1.29 is 140 Å². The van der Waals surface area contributed by atoms with Crippen LogP contribution in [0.4, 0.5) is 0 Å². The van der Waals surface area contributed by atoms with Gasteiger partial charge in [-0.3, -0.25) is 0 Å². The Hall–Kier alpha value is 0.486. The molecule has 0 amide bonds. The minimum absolute atomic E-state index is 0. The average molecular weight is 418 g/mol. The van der Waals surface area contributed by atoms with Crippen LogP contribution in [-0.2, 0) is 14.4 Å². The van der Waals surface area contributed by atoms with Gasteiger partial charge >= 0.3 is 110 Å². The Bertz CT molecular complexity index is 460. The van der Waals surface area contributed by atoms with E-state index in [2.05, 4.69) is 0 Å². The predicted octanol–water partition coefficient (Wildman–Crippen LogP) is -9.38. The Labute approximate surface area is 247 Å². The van der Waals surface area contributed by atoms with Gasteiger partial charge in [0.25, 0.3) is 0 Å². The van der Waals surface area contributed by atoms with E-state index in [4.69, 9.17) is 0 Å². The maximum atomic E-state index is 9.64. The van der Waals surface area contributed by atoms with Crippen molar-refractivity contribution in [1.29, 1.82) is 0 Å². The van der Waals surface area contributed by atoms with Gasteiger partial charge in [-0.15, -0.1) is 0 Å². The van der Waals surface area contributed by atoms with Crippen LogP contribution in [-0.4, -0.2) is 17.9 Å². The molecule has 0 aliphatic rings. The zero-order chi connectivity index (χ0) is 19.2. The van der Waals surface area contributed by atoms with E-state index in [9.17, 15) is 29.7 Å². The third kappa shape index (κ3) is 66.2. The molecule has 0 aromatic carbocycles. The minimum Gasteiger partial charge on any atom is -0.545 e. The summed E-state index contributed by atoms with van der Waals surface area (Å²) in [6.07, 6.45) is 17.2. The SMILES string of the molecule is C/C=C/C=C/C(=O)[O-].C/C=C/C=C/C(=O)[O-].C/C=C/C=C/C(=O)[O-].[K+].[Na+].[Na+]. The molecule has 132 valence electrons. The third-order valence-corrected chi connectivity index (χ3v) is 1.61. The maximum Gasteiger partial charge on any atom is 1.00 e. The molecule has 0 unspecified atom stereocenters. The van der Waals surface area contributed by atoms with Crippen molar-refractivity contribution >= 4 is 17.9 Å². The monoisotopic (exact) mass is 418 g/mol. The molecule has 0 heterocycles. The zero-order valence-electron chi connectivity index (χ0n) is 16.9. The quantitative estimate of drug-likeness (QED) is 0.240. The number of carbonyl (C=O) groups is 3. The summed E-state index contributed by atoms with van der Waals surface area (Å²) >= 11 is 0. The molecule has 0 aliphatic carbocycles. The fourth-order valence-electron chi connectivity index (χ4n) is 0.736. The van der Waals surface area contributed by atoms with Gasteiger partial charge in [-0.1, -0.05) is 54.7 Å². The van der Waals surface area contributed by atoms with Crippen LogP contribution in [0, 0.1) is 0 Å².